The number of nitrogens with zero attached hydrogens (tertiary/aromatic N) is 1. The maximum atomic E-state index is 12.2. The summed E-state index contributed by atoms with van der Waals surface area (Å²) in [6.45, 7) is 1.53. The van der Waals surface area contributed by atoms with Gasteiger partial charge in [0.25, 0.3) is 0 Å². The maximum absolute atomic E-state index is 12.2. The summed E-state index contributed by atoms with van der Waals surface area (Å²) in [5.41, 5.74) is 2.70. The highest BCUT2D eigenvalue weighted by atomic mass is 16.6. The molecule has 2 aromatic rings. The van der Waals surface area contributed by atoms with E-state index in [1.54, 1.807) is 12.1 Å². The molecule has 0 aliphatic carbocycles. The highest BCUT2D eigenvalue weighted by molar-refractivity contribution is 5.90. The number of methoxy groups -OCH3 is 1. The van der Waals surface area contributed by atoms with Crippen molar-refractivity contribution in [3.63, 3.8) is 0 Å². The fourth-order valence-electron chi connectivity index (χ4n) is 2.45. The first-order chi connectivity index (χ1) is 12.0. The number of carbonyl (C=O) groups is 1. The molecule has 2 rings (SSSR count). The predicted octanol–water partition coefficient (Wildman–Crippen LogP) is 3.52. The number of nitro groups is 1. The summed E-state index contributed by atoms with van der Waals surface area (Å²) in [5, 5.41) is 14.2. The molecule has 0 saturated heterocycles. The zero-order chi connectivity index (χ0) is 18.2. The van der Waals surface area contributed by atoms with E-state index < -0.39 is 23.4 Å². The Morgan fingerprint density at radius 1 is 1.20 bits per heavy atom. The Hall–Kier alpha value is -3.15. The Kier molecular flexibility index (Phi) is 6.28. The molecule has 0 saturated carbocycles. The number of nitrogens with one attached hydrogen (secondary N) is 1. The van der Waals surface area contributed by atoms with E-state index in [1.807, 2.05) is 49.4 Å². The van der Waals surface area contributed by atoms with Gasteiger partial charge in [0.15, 0.2) is 0 Å². The fourth-order valence-corrected chi connectivity index (χ4v) is 2.45. The highest BCUT2D eigenvalue weighted by Crippen LogP contribution is 2.26. The molecule has 25 heavy (non-hydrogen) atoms. The number of aryl methyl sites for hydroxylation is 1. The second-order valence-electron chi connectivity index (χ2n) is 5.58. The molecule has 0 fully saturated rings. The molecule has 2 aromatic carbocycles. The third kappa shape index (κ3) is 5.17. The van der Waals surface area contributed by atoms with Gasteiger partial charge in [-0.05, 0) is 24.6 Å². The van der Waals surface area contributed by atoms with Crippen molar-refractivity contribution in [2.24, 2.45) is 0 Å². The molecule has 130 valence electrons. The minimum absolute atomic E-state index is 0.201. The van der Waals surface area contributed by atoms with E-state index in [9.17, 15) is 14.9 Å². The quantitative estimate of drug-likeness (QED) is 0.361. The Balaban J connectivity index is 2.40. The Morgan fingerprint density at radius 2 is 1.84 bits per heavy atom. The van der Waals surface area contributed by atoms with Crippen LogP contribution in [-0.4, -0.2) is 24.5 Å². The predicted molar refractivity (Wildman–Crippen MR) is 95.9 cm³/mol. The lowest BCUT2D eigenvalue weighted by molar-refractivity contribution is -0.481. The van der Waals surface area contributed by atoms with Crippen molar-refractivity contribution in [1.82, 2.24) is 0 Å². The van der Waals surface area contributed by atoms with E-state index in [0.29, 0.717) is 5.56 Å². The van der Waals surface area contributed by atoms with Crippen molar-refractivity contribution < 1.29 is 14.5 Å². The SMILES string of the molecule is COC(=O)/C(=C\Nc1ccccc1)C(C[N+](=O)[O-])c1ccc(C)cc1. The van der Waals surface area contributed by atoms with Crippen LogP contribution < -0.4 is 5.32 Å². The van der Waals surface area contributed by atoms with Crippen LogP contribution in [0.15, 0.2) is 66.4 Å². The molecule has 0 aliphatic rings. The van der Waals surface area contributed by atoms with Crippen LogP contribution in [0, 0.1) is 17.0 Å². The third-order valence-electron chi connectivity index (χ3n) is 3.78. The number of para-hydroxylation sites is 1. The molecule has 0 bridgehead atoms. The number of esters is 1. The molecule has 0 heterocycles. The summed E-state index contributed by atoms with van der Waals surface area (Å²) < 4.78 is 4.84. The molecular formula is C19H20N2O4. The van der Waals surface area contributed by atoms with Gasteiger partial charge in [0.2, 0.25) is 6.54 Å². The number of benzene rings is 2. The molecule has 1 unspecified atom stereocenters. The molecular weight excluding hydrogens is 320 g/mol. The average Bonchev–Trinajstić information content (AvgIpc) is 2.62. The fraction of sp³-hybridized carbons (Fsp3) is 0.211. The maximum Gasteiger partial charge on any atom is 0.336 e. The second-order valence-corrected chi connectivity index (χ2v) is 5.58. The molecule has 0 radical (unpaired) electrons. The summed E-state index contributed by atoms with van der Waals surface area (Å²) >= 11 is 0. The number of carbonyl (C=O) groups excluding carboxylic acids is 1. The topological polar surface area (TPSA) is 81.5 Å². The highest BCUT2D eigenvalue weighted by Gasteiger charge is 2.28. The Bertz CT molecular complexity index is 755. The van der Waals surface area contributed by atoms with Gasteiger partial charge < -0.3 is 10.1 Å². The lowest BCUT2D eigenvalue weighted by atomic mass is 9.91. The number of hydrogen-bond acceptors (Lipinski definition) is 5. The van der Waals surface area contributed by atoms with Crippen LogP contribution in [0.25, 0.3) is 0 Å². The van der Waals surface area contributed by atoms with Crippen molar-refractivity contribution in [2.45, 2.75) is 12.8 Å². The van der Waals surface area contributed by atoms with Crippen molar-refractivity contribution in [1.29, 1.82) is 0 Å². The lowest BCUT2D eigenvalue weighted by Gasteiger charge is -2.16. The van der Waals surface area contributed by atoms with Crippen LogP contribution in [0.5, 0.6) is 0 Å². The van der Waals surface area contributed by atoms with E-state index in [0.717, 1.165) is 11.3 Å². The zero-order valence-corrected chi connectivity index (χ0v) is 14.1. The average molecular weight is 340 g/mol. The van der Waals surface area contributed by atoms with Crippen LogP contribution in [0.1, 0.15) is 17.0 Å². The molecule has 0 aliphatic heterocycles. The van der Waals surface area contributed by atoms with Crippen LogP contribution in [0.3, 0.4) is 0 Å². The summed E-state index contributed by atoms with van der Waals surface area (Å²) in [4.78, 5) is 23.0. The standard InChI is InChI=1S/C19H20N2O4/c1-14-8-10-15(11-9-14)18(13-21(23)24)17(19(22)25-2)12-20-16-6-4-3-5-7-16/h3-12,18,20H,13H2,1-2H3/b17-12-. The molecule has 1 atom stereocenters. The van der Waals surface area contributed by atoms with Gasteiger partial charge in [0, 0.05) is 16.8 Å². The van der Waals surface area contributed by atoms with Gasteiger partial charge in [-0.15, -0.1) is 0 Å². The number of rotatable bonds is 7. The van der Waals surface area contributed by atoms with Gasteiger partial charge in [-0.1, -0.05) is 48.0 Å². The van der Waals surface area contributed by atoms with Crippen molar-refractivity contribution in [3.05, 3.63) is 87.6 Å². The molecule has 0 spiro atoms. The molecule has 0 amide bonds. The van der Waals surface area contributed by atoms with Gasteiger partial charge >= 0.3 is 5.97 Å². The van der Waals surface area contributed by atoms with Crippen LogP contribution in [0.2, 0.25) is 0 Å². The summed E-state index contributed by atoms with van der Waals surface area (Å²) in [6.07, 6.45) is 1.48. The van der Waals surface area contributed by atoms with Gasteiger partial charge in [0.1, 0.15) is 0 Å². The van der Waals surface area contributed by atoms with Gasteiger partial charge in [0.05, 0.1) is 18.6 Å². The number of ether oxygens (including phenoxy) is 1. The molecule has 6 heteroatoms. The minimum Gasteiger partial charge on any atom is -0.466 e. The van der Waals surface area contributed by atoms with E-state index in [4.69, 9.17) is 4.74 Å². The molecule has 6 nitrogen and oxygen atoms in total. The largest absolute Gasteiger partial charge is 0.466 e. The first-order valence-electron chi connectivity index (χ1n) is 7.79. The van der Waals surface area contributed by atoms with Gasteiger partial charge in [-0.2, -0.15) is 0 Å². The lowest BCUT2D eigenvalue weighted by Crippen LogP contribution is -2.21. The van der Waals surface area contributed by atoms with E-state index in [1.165, 1.54) is 13.3 Å². The summed E-state index contributed by atoms with van der Waals surface area (Å²) in [5.74, 6) is -1.31. The van der Waals surface area contributed by atoms with Gasteiger partial charge in [-0.3, -0.25) is 10.1 Å². The van der Waals surface area contributed by atoms with E-state index in [-0.39, 0.29) is 5.57 Å². The van der Waals surface area contributed by atoms with E-state index in [2.05, 4.69) is 5.32 Å². The molecule has 1 N–H and O–H groups in total. The second kappa shape index (κ2) is 8.63. The van der Waals surface area contributed by atoms with Crippen molar-refractivity contribution >= 4 is 11.7 Å². The number of hydrogen-bond donors (Lipinski definition) is 1. The summed E-state index contributed by atoms with van der Waals surface area (Å²) in [7, 11) is 1.26. The van der Waals surface area contributed by atoms with Crippen LogP contribution in [0.4, 0.5) is 5.69 Å². The zero-order valence-electron chi connectivity index (χ0n) is 14.1. The summed E-state index contributed by atoms with van der Waals surface area (Å²) in [6, 6.07) is 16.6. The Labute approximate surface area is 146 Å². The monoisotopic (exact) mass is 340 g/mol. The van der Waals surface area contributed by atoms with E-state index >= 15 is 0 Å². The first kappa shape index (κ1) is 18.2. The van der Waals surface area contributed by atoms with Crippen LogP contribution in [-0.2, 0) is 9.53 Å². The number of anilines is 1. The normalized spacial score (nSPS) is 12.3. The van der Waals surface area contributed by atoms with Crippen molar-refractivity contribution in [2.75, 3.05) is 19.0 Å². The van der Waals surface area contributed by atoms with Gasteiger partial charge in [-0.25, -0.2) is 4.79 Å². The smallest absolute Gasteiger partial charge is 0.336 e. The Morgan fingerprint density at radius 3 is 2.40 bits per heavy atom. The third-order valence-corrected chi connectivity index (χ3v) is 3.78. The molecule has 0 aromatic heterocycles. The first-order valence-corrected chi connectivity index (χ1v) is 7.79. The minimum atomic E-state index is -0.709. The van der Waals surface area contributed by atoms with Crippen LogP contribution >= 0.6 is 0 Å². The van der Waals surface area contributed by atoms with Crippen molar-refractivity contribution in [3.8, 4) is 0 Å².